The first kappa shape index (κ1) is 13.5. The van der Waals surface area contributed by atoms with Gasteiger partial charge in [-0.05, 0) is 12.1 Å². The average Bonchev–Trinajstić information content (AvgIpc) is 2.89. The summed E-state index contributed by atoms with van der Waals surface area (Å²) in [6.45, 7) is 5.56. The van der Waals surface area contributed by atoms with E-state index in [1.807, 2.05) is 12.1 Å². The fraction of sp³-hybridized carbons (Fsp3) is 0.692. The smallest absolute Gasteiger partial charge is 0.105 e. The summed E-state index contributed by atoms with van der Waals surface area (Å²) in [5.74, 6) is 0.977. The zero-order valence-corrected chi connectivity index (χ0v) is 10.7. The number of aliphatic hydroxyl groups is 1. The van der Waals surface area contributed by atoms with Gasteiger partial charge in [-0.1, -0.05) is 0 Å². The van der Waals surface area contributed by atoms with E-state index in [1.165, 1.54) is 0 Å². The van der Waals surface area contributed by atoms with Crippen molar-refractivity contribution in [3.05, 3.63) is 24.2 Å². The molecule has 5 heteroatoms. The summed E-state index contributed by atoms with van der Waals surface area (Å²) in [6, 6.07) is 3.86. The third kappa shape index (κ3) is 4.78. The van der Waals surface area contributed by atoms with Crippen LogP contribution < -0.4 is 5.32 Å². The van der Waals surface area contributed by atoms with Crippen LogP contribution in [0.25, 0.3) is 0 Å². The number of nitrogens with zero attached hydrogens (tertiary/aromatic N) is 1. The minimum atomic E-state index is -0.320. The van der Waals surface area contributed by atoms with Crippen molar-refractivity contribution in [2.24, 2.45) is 0 Å². The SMILES string of the molecule is OC(CNCCc1ccco1)CN1CCOCC1. The number of nitrogens with one attached hydrogen (secondary N) is 1. The molecule has 18 heavy (non-hydrogen) atoms. The van der Waals surface area contributed by atoms with Crippen molar-refractivity contribution in [2.75, 3.05) is 45.9 Å². The van der Waals surface area contributed by atoms with Crippen molar-refractivity contribution in [3.63, 3.8) is 0 Å². The zero-order valence-electron chi connectivity index (χ0n) is 10.7. The number of morpholine rings is 1. The lowest BCUT2D eigenvalue weighted by Gasteiger charge is -2.28. The summed E-state index contributed by atoms with van der Waals surface area (Å²) in [5.41, 5.74) is 0. The van der Waals surface area contributed by atoms with Gasteiger partial charge in [0, 0.05) is 39.1 Å². The third-order valence-corrected chi connectivity index (χ3v) is 3.08. The molecule has 1 saturated heterocycles. The van der Waals surface area contributed by atoms with Gasteiger partial charge in [0.2, 0.25) is 0 Å². The predicted molar refractivity (Wildman–Crippen MR) is 68.5 cm³/mol. The number of β-amino-alcohol motifs (C(OH)–C–C–N with tert-alkyl or cyclic N) is 1. The molecule has 2 heterocycles. The fourth-order valence-electron chi connectivity index (χ4n) is 2.08. The second-order valence-electron chi connectivity index (χ2n) is 4.60. The summed E-state index contributed by atoms with van der Waals surface area (Å²) in [5, 5.41) is 13.1. The van der Waals surface area contributed by atoms with Gasteiger partial charge in [0.1, 0.15) is 5.76 Å². The van der Waals surface area contributed by atoms with Crippen LogP contribution in [0.4, 0.5) is 0 Å². The molecule has 1 unspecified atom stereocenters. The molecule has 1 atom stereocenters. The minimum absolute atomic E-state index is 0.320. The molecule has 2 N–H and O–H groups in total. The molecule has 1 aromatic heterocycles. The summed E-state index contributed by atoms with van der Waals surface area (Å²) < 4.78 is 10.5. The highest BCUT2D eigenvalue weighted by Crippen LogP contribution is 2.00. The van der Waals surface area contributed by atoms with E-state index in [1.54, 1.807) is 6.26 Å². The number of hydrogen-bond acceptors (Lipinski definition) is 5. The number of ether oxygens (including phenoxy) is 1. The van der Waals surface area contributed by atoms with Crippen LogP contribution in [-0.4, -0.2) is 62.0 Å². The molecule has 0 aliphatic carbocycles. The molecule has 0 aromatic carbocycles. The maximum Gasteiger partial charge on any atom is 0.105 e. The average molecular weight is 254 g/mol. The molecule has 1 aliphatic heterocycles. The van der Waals surface area contributed by atoms with E-state index in [0.29, 0.717) is 6.54 Å². The lowest BCUT2D eigenvalue weighted by atomic mass is 10.3. The number of aliphatic hydroxyl groups excluding tert-OH is 1. The van der Waals surface area contributed by atoms with Gasteiger partial charge >= 0.3 is 0 Å². The number of furan rings is 1. The first-order valence-corrected chi connectivity index (χ1v) is 6.56. The molecule has 0 bridgehead atoms. The second-order valence-corrected chi connectivity index (χ2v) is 4.60. The van der Waals surface area contributed by atoms with Crippen LogP contribution in [0.15, 0.2) is 22.8 Å². The highest BCUT2D eigenvalue weighted by atomic mass is 16.5. The van der Waals surface area contributed by atoms with E-state index in [-0.39, 0.29) is 6.10 Å². The van der Waals surface area contributed by atoms with Gasteiger partial charge in [-0.25, -0.2) is 0 Å². The number of hydrogen-bond donors (Lipinski definition) is 2. The van der Waals surface area contributed by atoms with Crippen molar-refractivity contribution >= 4 is 0 Å². The van der Waals surface area contributed by atoms with Crippen LogP contribution in [0.2, 0.25) is 0 Å². The maximum absolute atomic E-state index is 9.89. The Morgan fingerprint density at radius 3 is 2.94 bits per heavy atom. The summed E-state index contributed by atoms with van der Waals surface area (Å²) in [7, 11) is 0. The lowest BCUT2D eigenvalue weighted by Crippen LogP contribution is -2.43. The van der Waals surface area contributed by atoms with E-state index in [9.17, 15) is 5.11 Å². The standard InChI is InChI=1S/C13H22N2O3/c16-12(11-15-5-8-17-9-6-15)10-14-4-3-13-2-1-7-18-13/h1-2,7,12,14,16H,3-6,8-11H2. The van der Waals surface area contributed by atoms with E-state index in [0.717, 1.165) is 51.6 Å². The Morgan fingerprint density at radius 1 is 1.39 bits per heavy atom. The van der Waals surface area contributed by atoms with Crippen LogP contribution in [0.3, 0.4) is 0 Å². The topological polar surface area (TPSA) is 57.9 Å². The molecular weight excluding hydrogens is 232 g/mol. The Kier molecular flexibility index (Phi) is 5.67. The second kappa shape index (κ2) is 7.53. The Bertz CT molecular complexity index is 310. The van der Waals surface area contributed by atoms with Crippen LogP contribution in [-0.2, 0) is 11.2 Å². The van der Waals surface area contributed by atoms with Gasteiger partial charge in [0.25, 0.3) is 0 Å². The zero-order chi connectivity index (χ0) is 12.6. The molecule has 102 valence electrons. The van der Waals surface area contributed by atoms with Crippen molar-refractivity contribution < 1.29 is 14.3 Å². The normalized spacial score (nSPS) is 18.9. The van der Waals surface area contributed by atoms with Gasteiger partial charge in [-0.15, -0.1) is 0 Å². The van der Waals surface area contributed by atoms with E-state index >= 15 is 0 Å². The largest absolute Gasteiger partial charge is 0.469 e. The molecule has 0 radical (unpaired) electrons. The highest BCUT2D eigenvalue weighted by Gasteiger charge is 2.14. The molecule has 5 nitrogen and oxygen atoms in total. The van der Waals surface area contributed by atoms with Crippen molar-refractivity contribution in [2.45, 2.75) is 12.5 Å². The fourth-order valence-corrected chi connectivity index (χ4v) is 2.08. The number of rotatable bonds is 7. The molecule has 0 spiro atoms. The molecule has 1 aliphatic rings. The van der Waals surface area contributed by atoms with Crippen LogP contribution in [0.5, 0.6) is 0 Å². The van der Waals surface area contributed by atoms with Crippen molar-refractivity contribution in [3.8, 4) is 0 Å². The predicted octanol–water partition coefficient (Wildman–Crippen LogP) is 0.105. The van der Waals surface area contributed by atoms with Crippen molar-refractivity contribution in [1.29, 1.82) is 0 Å². The molecule has 0 amide bonds. The van der Waals surface area contributed by atoms with Crippen LogP contribution in [0, 0.1) is 0 Å². The molecule has 2 rings (SSSR count). The minimum Gasteiger partial charge on any atom is -0.469 e. The van der Waals surface area contributed by atoms with Gasteiger partial charge in [0.05, 0.1) is 25.6 Å². The Hall–Kier alpha value is -0.880. The molecule has 0 saturated carbocycles. The van der Waals surface area contributed by atoms with E-state index in [2.05, 4.69) is 10.2 Å². The summed E-state index contributed by atoms with van der Waals surface area (Å²) in [6.07, 6.45) is 2.22. The van der Waals surface area contributed by atoms with Gasteiger partial charge < -0.3 is 19.6 Å². The van der Waals surface area contributed by atoms with Gasteiger partial charge in [-0.3, -0.25) is 4.90 Å². The first-order valence-electron chi connectivity index (χ1n) is 6.56. The Morgan fingerprint density at radius 2 is 2.22 bits per heavy atom. The van der Waals surface area contributed by atoms with Gasteiger partial charge in [-0.2, -0.15) is 0 Å². The van der Waals surface area contributed by atoms with Crippen LogP contribution in [0.1, 0.15) is 5.76 Å². The molecule has 1 fully saturated rings. The highest BCUT2D eigenvalue weighted by molar-refractivity contribution is 4.98. The molecular formula is C13H22N2O3. The van der Waals surface area contributed by atoms with E-state index < -0.39 is 0 Å². The molecule has 1 aromatic rings. The lowest BCUT2D eigenvalue weighted by molar-refractivity contribution is 0.0150. The first-order chi connectivity index (χ1) is 8.84. The van der Waals surface area contributed by atoms with E-state index in [4.69, 9.17) is 9.15 Å². The maximum atomic E-state index is 9.89. The monoisotopic (exact) mass is 254 g/mol. The third-order valence-electron chi connectivity index (χ3n) is 3.08. The van der Waals surface area contributed by atoms with Gasteiger partial charge in [0.15, 0.2) is 0 Å². The van der Waals surface area contributed by atoms with Crippen LogP contribution >= 0.6 is 0 Å². The summed E-state index contributed by atoms with van der Waals surface area (Å²) >= 11 is 0. The Balaban J connectivity index is 1.52. The summed E-state index contributed by atoms with van der Waals surface area (Å²) in [4.78, 5) is 2.24. The quantitative estimate of drug-likeness (QED) is 0.676. The van der Waals surface area contributed by atoms with Crippen molar-refractivity contribution in [1.82, 2.24) is 10.2 Å². The Labute approximate surface area is 108 Å².